The van der Waals surface area contributed by atoms with E-state index < -0.39 is 0 Å². The number of para-hydroxylation sites is 1. The van der Waals surface area contributed by atoms with Gasteiger partial charge in [0.2, 0.25) is 5.95 Å². The average molecular weight is 461 g/mol. The van der Waals surface area contributed by atoms with Crippen LogP contribution in [0.25, 0.3) is 11.2 Å². The molecule has 5 N–H and O–H groups in total. The van der Waals surface area contributed by atoms with Gasteiger partial charge in [0.05, 0.1) is 12.7 Å². The van der Waals surface area contributed by atoms with Crippen LogP contribution in [0.15, 0.2) is 59.5 Å². The topological polar surface area (TPSA) is 126 Å². The number of nitrogens with two attached hydrogens (primary N) is 1. The largest absolute Gasteiger partial charge is 0.492 e. The highest BCUT2D eigenvalue weighted by molar-refractivity contribution is 5.72. The molecule has 0 unspecified atom stereocenters. The summed E-state index contributed by atoms with van der Waals surface area (Å²) >= 11 is 0. The van der Waals surface area contributed by atoms with E-state index in [-0.39, 0.29) is 5.69 Å². The molecule has 0 aliphatic carbocycles. The van der Waals surface area contributed by atoms with Gasteiger partial charge >= 0.3 is 5.69 Å². The molecule has 1 aliphatic heterocycles. The van der Waals surface area contributed by atoms with Gasteiger partial charge in [-0.1, -0.05) is 18.2 Å². The summed E-state index contributed by atoms with van der Waals surface area (Å²) in [5, 5.41) is 6.55. The molecule has 0 atom stereocenters. The number of hydrogen-bond acceptors (Lipinski definition) is 8. The molecule has 0 saturated carbocycles. The van der Waals surface area contributed by atoms with Gasteiger partial charge in [0.15, 0.2) is 5.65 Å². The van der Waals surface area contributed by atoms with Crippen LogP contribution in [0.1, 0.15) is 5.56 Å². The number of aromatic nitrogens is 4. The van der Waals surface area contributed by atoms with E-state index in [1.54, 1.807) is 10.8 Å². The minimum absolute atomic E-state index is 0.257. The van der Waals surface area contributed by atoms with Crippen molar-refractivity contribution in [2.24, 2.45) is 0 Å². The maximum absolute atomic E-state index is 12.5. The number of anilines is 3. The van der Waals surface area contributed by atoms with Crippen LogP contribution >= 0.6 is 0 Å². The van der Waals surface area contributed by atoms with E-state index in [0.717, 1.165) is 49.7 Å². The number of hydrogen-bond donors (Lipinski definition) is 4. The molecule has 10 heteroatoms. The number of nitrogens with zero attached hydrogens (tertiary/aromatic N) is 4. The third-order valence-electron chi connectivity index (χ3n) is 5.89. The Hall–Kier alpha value is -3.89. The third kappa shape index (κ3) is 5.03. The zero-order valence-corrected chi connectivity index (χ0v) is 18.8. The second-order valence-electron chi connectivity index (χ2n) is 8.24. The number of H-pyrrole nitrogens is 1. The molecule has 0 spiro atoms. The molecule has 1 aliphatic rings. The van der Waals surface area contributed by atoms with Gasteiger partial charge in [-0.15, -0.1) is 0 Å². The van der Waals surface area contributed by atoms with Gasteiger partial charge in [-0.3, -0.25) is 9.47 Å². The van der Waals surface area contributed by atoms with Gasteiger partial charge in [0.25, 0.3) is 0 Å². The molecule has 5 rings (SSSR count). The Balaban J connectivity index is 1.25. The molecule has 3 heterocycles. The summed E-state index contributed by atoms with van der Waals surface area (Å²) in [7, 11) is 0. The Morgan fingerprint density at radius 2 is 1.88 bits per heavy atom. The van der Waals surface area contributed by atoms with Crippen molar-refractivity contribution in [1.29, 1.82) is 0 Å². The van der Waals surface area contributed by atoms with Crippen LogP contribution in [-0.4, -0.2) is 63.7 Å². The summed E-state index contributed by atoms with van der Waals surface area (Å²) in [5.41, 5.74) is 9.19. The number of ether oxygens (including phenoxy) is 1. The van der Waals surface area contributed by atoms with E-state index in [0.29, 0.717) is 36.0 Å². The summed E-state index contributed by atoms with van der Waals surface area (Å²) in [4.78, 5) is 26.6. The molecule has 0 radical (unpaired) electrons. The lowest BCUT2D eigenvalue weighted by Crippen LogP contribution is -2.44. The average Bonchev–Trinajstić information content (AvgIpc) is 3.16. The maximum Gasteiger partial charge on any atom is 0.328 e. The van der Waals surface area contributed by atoms with E-state index >= 15 is 0 Å². The summed E-state index contributed by atoms with van der Waals surface area (Å²) in [6.07, 6.45) is 1.60. The Labute approximate surface area is 196 Å². The first kappa shape index (κ1) is 21.9. The van der Waals surface area contributed by atoms with Gasteiger partial charge in [0.1, 0.15) is 17.9 Å². The minimum atomic E-state index is -0.257. The molecule has 2 aromatic carbocycles. The summed E-state index contributed by atoms with van der Waals surface area (Å²) in [6.45, 7) is 6.09. The van der Waals surface area contributed by atoms with Crippen molar-refractivity contribution < 1.29 is 4.74 Å². The Kier molecular flexibility index (Phi) is 6.41. The number of piperazine rings is 1. The van der Waals surface area contributed by atoms with Crippen LogP contribution in [0.2, 0.25) is 0 Å². The van der Waals surface area contributed by atoms with Crippen LogP contribution in [0, 0.1) is 0 Å². The highest BCUT2D eigenvalue weighted by Crippen LogP contribution is 2.20. The SMILES string of the molecule is Nc1ccccc1Cn1c(=O)[nH]c2cnc(Nc3ccc(OCCN4CCNCC4)cc3)nc21. The smallest absolute Gasteiger partial charge is 0.328 e. The minimum Gasteiger partial charge on any atom is -0.492 e. The number of benzene rings is 2. The lowest BCUT2D eigenvalue weighted by Gasteiger charge is -2.26. The van der Waals surface area contributed by atoms with Crippen molar-refractivity contribution >= 4 is 28.5 Å². The molecule has 10 nitrogen and oxygen atoms in total. The highest BCUT2D eigenvalue weighted by Gasteiger charge is 2.12. The first-order valence-corrected chi connectivity index (χ1v) is 11.4. The normalized spacial score (nSPS) is 14.4. The molecule has 0 bridgehead atoms. The van der Waals surface area contributed by atoms with Crippen molar-refractivity contribution in [2.45, 2.75) is 6.54 Å². The van der Waals surface area contributed by atoms with Gasteiger partial charge in [-0.25, -0.2) is 9.78 Å². The van der Waals surface area contributed by atoms with Crippen molar-refractivity contribution in [3.05, 3.63) is 70.8 Å². The summed E-state index contributed by atoms with van der Waals surface area (Å²) in [6, 6.07) is 15.1. The van der Waals surface area contributed by atoms with Crippen LogP contribution in [0.4, 0.5) is 17.3 Å². The number of nitrogens with one attached hydrogen (secondary N) is 3. The highest BCUT2D eigenvalue weighted by atomic mass is 16.5. The summed E-state index contributed by atoms with van der Waals surface area (Å²) < 4.78 is 7.44. The van der Waals surface area contributed by atoms with Crippen LogP contribution < -0.4 is 26.8 Å². The number of nitrogen functional groups attached to an aromatic ring is 1. The number of aromatic amines is 1. The quantitative estimate of drug-likeness (QED) is 0.293. The molecule has 0 amide bonds. The number of fused-ring (bicyclic) bond motifs is 1. The fraction of sp³-hybridized carbons (Fsp3) is 0.292. The molecular formula is C24H28N8O2. The molecule has 4 aromatic rings. The van der Waals surface area contributed by atoms with Crippen LogP contribution in [0.5, 0.6) is 5.75 Å². The molecular weight excluding hydrogens is 432 g/mol. The lowest BCUT2D eigenvalue weighted by molar-refractivity contribution is 0.191. The van der Waals surface area contributed by atoms with Crippen LogP contribution in [0.3, 0.4) is 0 Å². The molecule has 34 heavy (non-hydrogen) atoms. The van der Waals surface area contributed by atoms with Crippen LogP contribution in [-0.2, 0) is 6.54 Å². The van der Waals surface area contributed by atoms with Crippen molar-refractivity contribution in [1.82, 2.24) is 29.7 Å². The fourth-order valence-electron chi connectivity index (χ4n) is 3.99. The zero-order chi connectivity index (χ0) is 23.3. The molecule has 1 fully saturated rings. The van der Waals surface area contributed by atoms with E-state index in [1.807, 2.05) is 48.5 Å². The second-order valence-corrected chi connectivity index (χ2v) is 8.24. The lowest BCUT2D eigenvalue weighted by atomic mass is 10.2. The predicted octanol–water partition coefficient (Wildman–Crippen LogP) is 1.78. The van der Waals surface area contributed by atoms with Gasteiger partial charge < -0.3 is 26.1 Å². The fourth-order valence-corrected chi connectivity index (χ4v) is 3.99. The molecule has 176 valence electrons. The number of rotatable bonds is 8. The van der Waals surface area contributed by atoms with E-state index in [2.05, 4.69) is 30.5 Å². The van der Waals surface area contributed by atoms with Gasteiger partial charge in [-0.05, 0) is 35.9 Å². The standard InChI is InChI=1S/C24H28N8O2/c25-20-4-2-1-3-17(20)16-32-22-21(29-24(32)33)15-27-23(30-22)28-18-5-7-19(8-6-18)34-14-13-31-11-9-26-10-12-31/h1-8,15,26H,9-14,16,25H2,(H,29,33)(H,27,28,30). The van der Waals surface area contributed by atoms with Gasteiger partial charge in [0, 0.05) is 44.1 Å². The first-order chi connectivity index (χ1) is 16.7. The number of imidazole rings is 1. The van der Waals surface area contributed by atoms with Crippen molar-refractivity contribution in [2.75, 3.05) is 50.4 Å². The molecule has 1 saturated heterocycles. The first-order valence-electron chi connectivity index (χ1n) is 11.4. The second kappa shape index (κ2) is 9.94. The van der Waals surface area contributed by atoms with E-state index in [4.69, 9.17) is 10.5 Å². The third-order valence-corrected chi connectivity index (χ3v) is 5.89. The maximum atomic E-state index is 12.5. The predicted molar refractivity (Wildman–Crippen MR) is 133 cm³/mol. The van der Waals surface area contributed by atoms with Crippen molar-refractivity contribution in [3.63, 3.8) is 0 Å². The monoisotopic (exact) mass is 460 g/mol. The Morgan fingerprint density at radius 1 is 1.09 bits per heavy atom. The Morgan fingerprint density at radius 3 is 2.68 bits per heavy atom. The van der Waals surface area contributed by atoms with E-state index in [1.165, 1.54) is 0 Å². The van der Waals surface area contributed by atoms with E-state index in [9.17, 15) is 4.79 Å². The molecule has 2 aromatic heterocycles. The summed E-state index contributed by atoms with van der Waals surface area (Å²) in [5.74, 6) is 1.21. The van der Waals surface area contributed by atoms with Gasteiger partial charge in [-0.2, -0.15) is 4.98 Å². The van der Waals surface area contributed by atoms with Crippen molar-refractivity contribution in [3.8, 4) is 5.75 Å². The Bertz CT molecular complexity index is 1310. The zero-order valence-electron chi connectivity index (χ0n) is 18.8.